The van der Waals surface area contributed by atoms with Gasteiger partial charge in [0.1, 0.15) is 17.2 Å². The highest BCUT2D eigenvalue weighted by Gasteiger charge is 2.05. The van der Waals surface area contributed by atoms with E-state index < -0.39 is 0 Å². The molecule has 0 amide bonds. The van der Waals surface area contributed by atoms with Gasteiger partial charge in [0.05, 0.1) is 11.9 Å². The summed E-state index contributed by atoms with van der Waals surface area (Å²) in [4.78, 5) is 0. The van der Waals surface area contributed by atoms with Crippen LogP contribution in [0.1, 0.15) is 5.76 Å². The largest absolute Gasteiger partial charge is 0.460 e. The van der Waals surface area contributed by atoms with Gasteiger partial charge < -0.3 is 10.2 Å². The van der Waals surface area contributed by atoms with Crippen LogP contribution in [0.15, 0.2) is 28.7 Å². The van der Waals surface area contributed by atoms with Crippen molar-refractivity contribution in [1.82, 2.24) is 0 Å². The summed E-state index contributed by atoms with van der Waals surface area (Å²) in [6.07, 6.45) is 0. The molecular weight excluding hydrogens is 157 g/mol. The molecule has 0 fully saturated rings. The average Bonchev–Trinajstić information content (AvgIpc) is 2.49. The van der Waals surface area contributed by atoms with Crippen molar-refractivity contribution in [3.8, 4) is 0 Å². The summed E-state index contributed by atoms with van der Waals surface area (Å²) in [5, 5.41) is 0.498. The van der Waals surface area contributed by atoms with E-state index in [1.165, 1.54) is 6.07 Å². The third-order valence-electron chi connectivity index (χ3n) is 1.76. The van der Waals surface area contributed by atoms with Crippen LogP contribution in [-0.4, -0.2) is 0 Å². The highest BCUT2D eigenvalue weighted by Crippen LogP contribution is 2.21. The Hall–Kier alpha value is -1.35. The van der Waals surface area contributed by atoms with Gasteiger partial charge in [0.2, 0.25) is 0 Å². The molecule has 2 rings (SSSR count). The van der Waals surface area contributed by atoms with Gasteiger partial charge in [-0.05, 0) is 18.2 Å². The molecule has 2 nitrogen and oxygen atoms in total. The van der Waals surface area contributed by atoms with Crippen LogP contribution in [0.25, 0.3) is 11.0 Å². The Kier molecular flexibility index (Phi) is 1.59. The lowest BCUT2D eigenvalue weighted by Gasteiger charge is -1.87. The van der Waals surface area contributed by atoms with E-state index in [1.54, 1.807) is 18.2 Å². The molecule has 1 aromatic carbocycles. The molecule has 0 atom stereocenters. The monoisotopic (exact) mass is 165 g/mol. The van der Waals surface area contributed by atoms with E-state index in [0.717, 1.165) is 0 Å². The van der Waals surface area contributed by atoms with Gasteiger partial charge in [-0.15, -0.1) is 0 Å². The molecule has 2 aromatic rings. The van der Waals surface area contributed by atoms with Crippen molar-refractivity contribution in [2.45, 2.75) is 6.54 Å². The number of hydrogen-bond acceptors (Lipinski definition) is 2. The van der Waals surface area contributed by atoms with Gasteiger partial charge in [-0.2, -0.15) is 0 Å². The van der Waals surface area contributed by atoms with E-state index in [-0.39, 0.29) is 5.82 Å². The quantitative estimate of drug-likeness (QED) is 0.702. The topological polar surface area (TPSA) is 39.2 Å². The summed E-state index contributed by atoms with van der Waals surface area (Å²) in [5.41, 5.74) is 5.90. The Morgan fingerprint density at radius 2 is 2.25 bits per heavy atom. The van der Waals surface area contributed by atoms with Gasteiger partial charge in [0.15, 0.2) is 0 Å². The van der Waals surface area contributed by atoms with Crippen LogP contribution in [0.2, 0.25) is 0 Å². The molecular formula is C9H8FNO. The van der Waals surface area contributed by atoms with Crippen molar-refractivity contribution in [2.24, 2.45) is 5.73 Å². The normalized spacial score (nSPS) is 10.8. The van der Waals surface area contributed by atoms with Crippen LogP contribution in [0, 0.1) is 5.82 Å². The van der Waals surface area contributed by atoms with Gasteiger partial charge in [0, 0.05) is 0 Å². The van der Waals surface area contributed by atoms with Gasteiger partial charge in [-0.3, -0.25) is 0 Å². The molecule has 62 valence electrons. The number of halogens is 1. The molecule has 0 spiro atoms. The first-order valence-electron chi connectivity index (χ1n) is 3.68. The molecule has 0 aliphatic heterocycles. The van der Waals surface area contributed by atoms with Gasteiger partial charge in [-0.1, -0.05) is 6.07 Å². The van der Waals surface area contributed by atoms with E-state index in [2.05, 4.69) is 0 Å². The predicted molar refractivity (Wildman–Crippen MR) is 44.1 cm³/mol. The van der Waals surface area contributed by atoms with Crippen LogP contribution in [0.3, 0.4) is 0 Å². The highest BCUT2D eigenvalue weighted by atomic mass is 19.1. The Morgan fingerprint density at radius 3 is 2.92 bits per heavy atom. The number of benzene rings is 1. The first-order valence-corrected chi connectivity index (χ1v) is 3.68. The van der Waals surface area contributed by atoms with Crippen molar-refractivity contribution in [3.05, 3.63) is 35.8 Å². The van der Waals surface area contributed by atoms with Crippen LogP contribution in [0.5, 0.6) is 0 Å². The summed E-state index contributed by atoms with van der Waals surface area (Å²) < 4.78 is 18.3. The summed E-state index contributed by atoms with van der Waals surface area (Å²) in [5.74, 6) is 0.339. The average molecular weight is 165 g/mol. The first kappa shape index (κ1) is 7.31. The highest BCUT2D eigenvalue weighted by molar-refractivity contribution is 5.78. The number of hydrogen-bond donors (Lipinski definition) is 1. The zero-order valence-electron chi connectivity index (χ0n) is 6.38. The fourth-order valence-electron chi connectivity index (χ4n) is 1.18. The minimum absolute atomic E-state index is 0.268. The summed E-state index contributed by atoms with van der Waals surface area (Å²) in [6, 6.07) is 6.36. The fraction of sp³-hybridized carbons (Fsp3) is 0.111. The van der Waals surface area contributed by atoms with E-state index in [1.807, 2.05) is 0 Å². The van der Waals surface area contributed by atoms with Crippen molar-refractivity contribution >= 4 is 11.0 Å². The first-order chi connectivity index (χ1) is 5.81. The molecule has 0 bridgehead atoms. The minimum Gasteiger partial charge on any atom is -0.460 e. The lowest BCUT2D eigenvalue weighted by atomic mass is 10.2. The molecule has 2 N–H and O–H groups in total. The van der Waals surface area contributed by atoms with Crippen LogP contribution in [-0.2, 0) is 6.54 Å². The van der Waals surface area contributed by atoms with Crippen molar-refractivity contribution in [2.75, 3.05) is 0 Å². The summed E-state index contributed by atoms with van der Waals surface area (Å²) >= 11 is 0. The van der Waals surface area contributed by atoms with Crippen LogP contribution < -0.4 is 5.73 Å². The predicted octanol–water partition coefficient (Wildman–Crippen LogP) is 2.03. The van der Waals surface area contributed by atoms with E-state index in [0.29, 0.717) is 23.3 Å². The molecule has 0 saturated carbocycles. The van der Waals surface area contributed by atoms with Crippen LogP contribution >= 0.6 is 0 Å². The standard InChI is InChI=1S/C9H8FNO/c10-8-2-1-3-9-7(8)4-6(5-11)12-9/h1-4H,5,11H2. The second kappa shape index (κ2) is 2.60. The van der Waals surface area contributed by atoms with Crippen LogP contribution in [0.4, 0.5) is 4.39 Å². The molecule has 12 heavy (non-hydrogen) atoms. The Bertz CT molecular complexity index is 408. The molecule has 0 radical (unpaired) electrons. The third kappa shape index (κ3) is 0.987. The lowest BCUT2D eigenvalue weighted by molar-refractivity contribution is 0.551. The lowest BCUT2D eigenvalue weighted by Crippen LogP contribution is -1.92. The Labute approximate surface area is 68.8 Å². The minimum atomic E-state index is -0.268. The second-order valence-electron chi connectivity index (χ2n) is 2.57. The van der Waals surface area contributed by atoms with Gasteiger partial charge in [-0.25, -0.2) is 4.39 Å². The SMILES string of the molecule is NCc1cc2c(F)cccc2o1. The molecule has 0 aliphatic carbocycles. The molecule has 1 aromatic heterocycles. The van der Waals surface area contributed by atoms with Crippen molar-refractivity contribution in [1.29, 1.82) is 0 Å². The van der Waals surface area contributed by atoms with Gasteiger partial charge in [0.25, 0.3) is 0 Å². The zero-order chi connectivity index (χ0) is 8.55. The Balaban J connectivity index is 2.74. The van der Waals surface area contributed by atoms with E-state index in [4.69, 9.17) is 10.2 Å². The smallest absolute Gasteiger partial charge is 0.137 e. The number of nitrogens with two attached hydrogens (primary N) is 1. The molecule has 0 saturated heterocycles. The molecule has 0 aliphatic rings. The maximum absolute atomic E-state index is 13.0. The molecule has 3 heteroatoms. The number of furan rings is 1. The zero-order valence-corrected chi connectivity index (χ0v) is 6.38. The molecule has 0 unspecified atom stereocenters. The number of fused-ring (bicyclic) bond motifs is 1. The number of rotatable bonds is 1. The third-order valence-corrected chi connectivity index (χ3v) is 1.76. The Morgan fingerprint density at radius 1 is 1.42 bits per heavy atom. The van der Waals surface area contributed by atoms with E-state index in [9.17, 15) is 4.39 Å². The molecule has 1 heterocycles. The van der Waals surface area contributed by atoms with Gasteiger partial charge >= 0.3 is 0 Å². The summed E-state index contributed by atoms with van der Waals surface area (Å²) in [7, 11) is 0. The maximum atomic E-state index is 13.0. The second-order valence-corrected chi connectivity index (χ2v) is 2.57. The summed E-state index contributed by atoms with van der Waals surface area (Å²) in [6.45, 7) is 0.300. The van der Waals surface area contributed by atoms with E-state index >= 15 is 0 Å². The fourth-order valence-corrected chi connectivity index (χ4v) is 1.18. The van der Waals surface area contributed by atoms with Crippen molar-refractivity contribution in [3.63, 3.8) is 0 Å². The van der Waals surface area contributed by atoms with Crippen molar-refractivity contribution < 1.29 is 8.81 Å². The maximum Gasteiger partial charge on any atom is 0.137 e.